The van der Waals surface area contributed by atoms with Crippen molar-refractivity contribution in [3.8, 4) is 0 Å². The number of halogens is 1. The van der Waals surface area contributed by atoms with Gasteiger partial charge in [-0.1, -0.05) is 35.5 Å². The molecule has 2 fully saturated rings. The third-order valence-corrected chi connectivity index (χ3v) is 6.29. The number of hydrogen-bond donors (Lipinski definition) is 0. The molecule has 7 heteroatoms. The molecule has 31 heavy (non-hydrogen) atoms. The van der Waals surface area contributed by atoms with Crippen LogP contribution in [0.15, 0.2) is 65.2 Å². The Labute approximate surface area is 179 Å². The number of aromatic nitrogens is 1. The molecule has 2 saturated heterocycles. The van der Waals surface area contributed by atoms with E-state index < -0.39 is 0 Å². The normalized spacial score (nSPS) is 22.6. The fourth-order valence-corrected chi connectivity index (χ4v) is 4.88. The number of nitrogens with zero attached hydrogens (tertiary/aromatic N) is 3. The molecule has 0 aliphatic carbocycles. The van der Waals surface area contributed by atoms with Crippen molar-refractivity contribution in [1.82, 2.24) is 15.0 Å². The van der Waals surface area contributed by atoms with Gasteiger partial charge >= 0.3 is 0 Å². The zero-order chi connectivity index (χ0) is 21.5. The van der Waals surface area contributed by atoms with Gasteiger partial charge in [0.15, 0.2) is 5.69 Å². The van der Waals surface area contributed by atoms with E-state index in [-0.39, 0.29) is 35.5 Å². The monoisotopic (exact) mass is 419 g/mol. The van der Waals surface area contributed by atoms with Crippen LogP contribution in [-0.4, -0.2) is 46.4 Å². The maximum absolute atomic E-state index is 13.3. The molecular formula is C24H22FN3O3. The Balaban J connectivity index is 1.43. The van der Waals surface area contributed by atoms with Crippen molar-refractivity contribution < 1.29 is 18.5 Å². The molecule has 1 aromatic heterocycles. The fraction of sp³-hybridized carbons (Fsp3) is 0.292. The van der Waals surface area contributed by atoms with Gasteiger partial charge in [-0.05, 0) is 36.8 Å². The standard InChI is InChI=1S/C24H22FN3O3/c1-15-11-21(26-31-15)24(30)27-12-18-13-28(23(29)17-7-9-19(25)10-8-17)22(20(18)14-27)16-5-3-2-4-6-16/h2-11,18,20,22H,12-14H2,1H3/t18-,20-,22+/m0/s1. The summed E-state index contributed by atoms with van der Waals surface area (Å²) in [6, 6.07) is 17.1. The summed E-state index contributed by atoms with van der Waals surface area (Å²) in [5.74, 6) is 0.241. The van der Waals surface area contributed by atoms with E-state index in [1.165, 1.54) is 24.3 Å². The van der Waals surface area contributed by atoms with E-state index >= 15 is 0 Å². The van der Waals surface area contributed by atoms with Crippen molar-refractivity contribution in [1.29, 1.82) is 0 Å². The Morgan fingerprint density at radius 3 is 2.42 bits per heavy atom. The van der Waals surface area contributed by atoms with Crippen molar-refractivity contribution >= 4 is 11.8 Å². The summed E-state index contributed by atoms with van der Waals surface area (Å²) in [5.41, 5.74) is 1.82. The smallest absolute Gasteiger partial charge is 0.276 e. The van der Waals surface area contributed by atoms with E-state index in [4.69, 9.17) is 4.52 Å². The molecule has 0 unspecified atom stereocenters. The molecule has 2 aliphatic heterocycles. The Morgan fingerprint density at radius 1 is 1.00 bits per heavy atom. The minimum atomic E-state index is -0.369. The summed E-state index contributed by atoms with van der Waals surface area (Å²) in [5, 5.41) is 3.86. The lowest BCUT2D eigenvalue weighted by molar-refractivity contribution is 0.0674. The molecule has 0 radical (unpaired) electrons. The predicted molar refractivity (Wildman–Crippen MR) is 111 cm³/mol. The Hall–Kier alpha value is -3.48. The summed E-state index contributed by atoms with van der Waals surface area (Å²) in [7, 11) is 0. The van der Waals surface area contributed by atoms with Gasteiger partial charge in [0, 0.05) is 43.1 Å². The average molecular weight is 419 g/mol. The summed E-state index contributed by atoms with van der Waals surface area (Å²) in [6.45, 7) is 3.41. The van der Waals surface area contributed by atoms with Crippen LogP contribution in [0.4, 0.5) is 4.39 Å². The van der Waals surface area contributed by atoms with Gasteiger partial charge in [-0.2, -0.15) is 0 Å². The van der Waals surface area contributed by atoms with Gasteiger partial charge in [0.25, 0.3) is 11.8 Å². The highest BCUT2D eigenvalue weighted by atomic mass is 19.1. The third kappa shape index (κ3) is 3.50. The number of benzene rings is 2. The highest BCUT2D eigenvalue weighted by Crippen LogP contribution is 2.45. The minimum absolute atomic E-state index is 0.115. The van der Waals surface area contributed by atoms with Crippen LogP contribution in [0.1, 0.15) is 38.2 Å². The number of amides is 2. The van der Waals surface area contributed by atoms with Crippen LogP contribution < -0.4 is 0 Å². The molecule has 5 rings (SSSR count). The summed E-state index contributed by atoms with van der Waals surface area (Å²) < 4.78 is 18.4. The summed E-state index contributed by atoms with van der Waals surface area (Å²) in [4.78, 5) is 29.9. The van der Waals surface area contributed by atoms with Crippen molar-refractivity contribution in [3.63, 3.8) is 0 Å². The molecule has 0 N–H and O–H groups in total. The molecule has 2 amide bonds. The number of likely N-dealkylation sites (tertiary alicyclic amines) is 2. The molecule has 2 aliphatic rings. The van der Waals surface area contributed by atoms with E-state index in [0.29, 0.717) is 36.7 Å². The number of carbonyl (C=O) groups is 2. The lowest BCUT2D eigenvalue weighted by Gasteiger charge is -2.30. The van der Waals surface area contributed by atoms with Gasteiger partial charge in [0.05, 0.1) is 6.04 Å². The first kappa shape index (κ1) is 19.5. The van der Waals surface area contributed by atoms with E-state index in [1.807, 2.05) is 40.1 Å². The zero-order valence-electron chi connectivity index (χ0n) is 17.1. The van der Waals surface area contributed by atoms with Gasteiger partial charge in [-0.3, -0.25) is 9.59 Å². The minimum Gasteiger partial charge on any atom is -0.361 e. The van der Waals surface area contributed by atoms with Crippen molar-refractivity contribution in [3.05, 3.63) is 89.1 Å². The highest BCUT2D eigenvalue weighted by Gasteiger charge is 2.50. The molecule has 6 nitrogen and oxygen atoms in total. The topological polar surface area (TPSA) is 66.7 Å². The van der Waals surface area contributed by atoms with Crippen LogP contribution in [0, 0.1) is 24.6 Å². The van der Waals surface area contributed by atoms with Gasteiger partial charge in [0.1, 0.15) is 11.6 Å². The molecule has 0 saturated carbocycles. The van der Waals surface area contributed by atoms with E-state index in [9.17, 15) is 14.0 Å². The maximum atomic E-state index is 13.3. The first-order valence-corrected chi connectivity index (χ1v) is 10.4. The SMILES string of the molecule is Cc1cc(C(=O)N2C[C@H]3CN(C(=O)c4ccc(F)cc4)[C@H](c4ccccc4)[C@H]3C2)no1. The second-order valence-electron chi connectivity index (χ2n) is 8.28. The number of fused-ring (bicyclic) bond motifs is 1. The lowest BCUT2D eigenvalue weighted by atomic mass is 9.89. The number of carbonyl (C=O) groups excluding carboxylic acids is 2. The summed E-state index contributed by atoms with van der Waals surface area (Å²) in [6.07, 6.45) is 0. The molecular weight excluding hydrogens is 397 g/mol. The molecule has 3 heterocycles. The Morgan fingerprint density at radius 2 is 1.74 bits per heavy atom. The largest absolute Gasteiger partial charge is 0.361 e. The first-order chi connectivity index (χ1) is 15.0. The second kappa shape index (κ2) is 7.65. The van der Waals surface area contributed by atoms with Crippen molar-refractivity contribution in [2.75, 3.05) is 19.6 Å². The van der Waals surface area contributed by atoms with Crippen molar-refractivity contribution in [2.45, 2.75) is 13.0 Å². The van der Waals surface area contributed by atoms with Gasteiger partial charge in [-0.15, -0.1) is 0 Å². The van der Waals surface area contributed by atoms with Crippen LogP contribution in [0.5, 0.6) is 0 Å². The number of aryl methyl sites for hydroxylation is 1. The predicted octanol–water partition coefficient (Wildman–Crippen LogP) is 3.71. The fourth-order valence-electron chi connectivity index (χ4n) is 4.88. The van der Waals surface area contributed by atoms with Crippen molar-refractivity contribution in [2.24, 2.45) is 11.8 Å². The van der Waals surface area contributed by atoms with E-state index in [1.54, 1.807) is 13.0 Å². The molecule has 3 atom stereocenters. The van der Waals surface area contributed by atoms with Crippen LogP contribution in [0.3, 0.4) is 0 Å². The van der Waals surface area contributed by atoms with E-state index in [0.717, 1.165) is 5.56 Å². The third-order valence-electron chi connectivity index (χ3n) is 6.29. The van der Waals surface area contributed by atoms with Crippen LogP contribution in [0.2, 0.25) is 0 Å². The molecule has 0 spiro atoms. The van der Waals surface area contributed by atoms with E-state index in [2.05, 4.69) is 5.16 Å². The molecule has 2 aromatic carbocycles. The van der Waals surface area contributed by atoms with Crippen LogP contribution >= 0.6 is 0 Å². The highest BCUT2D eigenvalue weighted by molar-refractivity contribution is 5.95. The zero-order valence-corrected chi connectivity index (χ0v) is 17.1. The molecule has 3 aromatic rings. The first-order valence-electron chi connectivity index (χ1n) is 10.4. The quantitative estimate of drug-likeness (QED) is 0.649. The van der Waals surface area contributed by atoms with Gasteiger partial charge in [0.2, 0.25) is 0 Å². The Bertz CT molecular complexity index is 1110. The Kier molecular flexibility index (Phi) is 4.81. The maximum Gasteiger partial charge on any atom is 0.276 e. The van der Waals surface area contributed by atoms with Crippen LogP contribution in [-0.2, 0) is 0 Å². The molecule has 0 bridgehead atoms. The van der Waals surface area contributed by atoms with Gasteiger partial charge in [-0.25, -0.2) is 4.39 Å². The second-order valence-corrected chi connectivity index (χ2v) is 8.28. The number of hydrogen-bond acceptors (Lipinski definition) is 4. The molecule has 158 valence electrons. The van der Waals surface area contributed by atoms with Crippen LogP contribution in [0.25, 0.3) is 0 Å². The van der Waals surface area contributed by atoms with Gasteiger partial charge < -0.3 is 14.3 Å². The number of rotatable bonds is 3. The lowest BCUT2D eigenvalue weighted by Crippen LogP contribution is -2.37. The summed E-state index contributed by atoms with van der Waals surface area (Å²) >= 11 is 0. The average Bonchev–Trinajstić information content (AvgIpc) is 3.48.